The predicted octanol–water partition coefficient (Wildman–Crippen LogP) is -3.21. The highest BCUT2D eigenvalue weighted by atomic mass is 16.7. The smallest absolute Gasteiger partial charge is 0.187 e. The Bertz CT molecular complexity index is 417. The molecule has 0 bridgehead atoms. The topological polar surface area (TPSA) is 168 Å². The quantitative estimate of drug-likeness (QED) is 0.271. The van der Waals surface area contributed by atoms with Crippen LogP contribution in [-0.2, 0) is 23.7 Å². The zero-order chi connectivity index (χ0) is 18.7. The van der Waals surface area contributed by atoms with Crippen LogP contribution in [0.3, 0.4) is 0 Å². The Morgan fingerprint density at radius 2 is 1.35 bits per heavy atom. The largest absolute Gasteiger partial charge is 0.394 e. The lowest BCUT2D eigenvalue weighted by atomic mass is 9.98. The maximum atomic E-state index is 10.1. The number of hydrogen-bond donors (Lipinski definition) is 6. The number of methoxy groups -OCH3 is 2. The molecule has 0 saturated carbocycles. The molecule has 2 aliphatic rings. The molecule has 26 heavy (non-hydrogen) atoms. The first kappa shape index (κ1) is 23.6. The van der Waals surface area contributed by atoms with Gasteiger partial charge in [0.1, 0.15) is 48.8 Å². The van der Waals surface area contributed by atoms with Crippen molar-refractivity contribution in [1.29, 1.82) is 0 Å². The van der Waals surface area contributed by atoms with Crippen molar-refractivity contribution in [2.45, 2.75) is 68.8 Å². The zero-order valence-electron chi connectivity index (χ0n) is 13.9. The summed E-state index contributed by atoms with van der Waals surface area (Å²) in [5.41, 5.74) is 0. The molecule has 2 heterocycles. The molecule has 0 amide bonds. The highest BCUT2D eigenvalue weighted by Crippen LogP contribution is 2.26. The molecule has 0 aliphatic carbocycles. The van der Waals surface area contributed by atoms with Crippen LogP contribution in [0.5, 0.6) is 0 Å². The van der Waals surface area contributed by atoms with E-state index < -0.39 is 68.0 Å². The van der Waals surface area contributed by atoms with E-state index in [0.717, 1.165) is 0 Å². The van der Waals surface area contributed by atoms with Gasteiger partial charge in [0.05, 0.1) is 13.2 Å². The van der Waals surface area contributed by atoms with Gasteiger partial charge in [-0.3, -0.25) is 0 Å². The molecule has 11 nitrogen and oxygen atoms in total. The van der Waals surface area contributed by atoms with Crippen molar-refractivity contribution < 1.29 is 55.8 Å². The molecular formula is C15H32O11. The fraction of sp³-hybridized carbons (Fsp3) is 1.00. The van der Waals surface area contributed by atoms with Gasteiger partial charge in [-0.1, -0.05) is 7.43 Å². The van der Waals surface area contributed by atoms with Gasteiger partial charge in [0.15, 0.2) is 12.6 Å². The lowest BCUT2D eigenvalue weighted by Gasteiger charge is -2.43. The Balaban J connectivity index is 0.00000338. The molecule has 2 aliphatic heterocycles. The Hall–Kier alpha value is -0.440. The number of aliphatic hydroxyl groups is 6. The maximum absolute atomic E-state index is 10.1. The van der Waals surface area contributed by atoms with E-state index in [1.54, 1.807) is 0 Å². The third-order valence-corrected chi connectivity index (χ3v) is 4.46. The Labute approximate surface area is 153 Å². The third-order valence-electron chi connectivity index (χ3n) is 4.46. The first-order chi connectivity index (χ1) is 11.8. The van der Waals surface area contributed by atoms with Gasteiger partial charge in [0.25, 0.3) is 0 Å². The van der Waals surface area contributed by atoms with E-state index in [1.807, 2.05) is 0 Å². The van der Waals surface area contributed by atoms with E-state index in [0.29, 0.717) is 0 Å². The summed E-state index contributed by atoms with van der Waals surface area (Å²) in [7, 11) is 2.53. The number of ether oxygens (including phenoxy) is 5. The van der Waals surface area contributed by atoms with Crippen molar-refractivity contribution in [1.82, 2.24) is 0 Å². The second-order valence-corrected chi connectivity index (χ2v) is 5.99. The SMILES string of the molecule is C.CO[C@@H]1[C@@H](O)[C@H](O)[C@@H](CO[C@H]2O[C@H](CO)[C@@H](O)[C@H](O)[C@H]2OC)O[C@@H]1O.[HH]. The molecule has 158 valence electrons. The van der Waals surface area contributed by atoms with Crippen LogP contribution in [0, 0.1) is 0 Å². The van der Waals surface area contributed by atoms with Gasteiger partial charge in [0, 0.05) is 15.6 Å². The second-order valence-electron chi connectivity index (χ2n) is 5.99. The van der Waals surface area contributed by atoms with Crippen molar-refractivity contribution in [3.8, 4) is 0 Å². The lowest BCUT2D eigenvalue weighted by molar-refractivity contribution is -0.329. The Kier molecular flexibility index (Phi) is 9.26. The van der Waals surface area contributed by atoms with Gasteiger partial charge in [0.2, 0.25) is 0 Å². The minimum absolute atomic E-state index is 0. The van der Waals surface area contributed by atoms with Gasteiger partial charge in [-0.15, -0.1) is 0 Å². The van der Waals surface area contributed by atoms with E-state index in [9.17, 15) is 30.6 Å². The van der Waals surface area contributed by atoms with Crippen LogP contribution in [0.15, 0.2) is 0 Å². The molecule has 6 N–H and O–H groups in total. The van der Waals surface area contributed by atoms with Crippen LogP contribution in [0.2, 0.25) is 0 Å². The van der Waals surface area contributed by atoms with Crippen LogP contribution >= 0.6 is 0 Å². The predicted molar refractivity (Wildman–Crippen MR) is 87.0 cm³/mol. The summed E-state index contributed by atoms with van der Waals surface area (Å²) in [5, 5.41) is 58.8. The third kappa shape index (κ3) is 4.69. The van der Waals surface area contributed by atoms with Gasteiger partial charge in [-0.2, -0.15) is 0 Å². The average molecular weight is 388 g/mol. The molecule has 0 aromatic carbocycles. The second kappa shape index (κ2) is 10.2. The summed E-state index contributed by atoms with van der Waals surface area (Å²) in [6.07, 6.45) is -12.5. The Morgan fingerprint density at radius 1 is 0.808 bits per heavy atom. The summed E-state index contributed by atoms with van der Waals surface area (Å²) in [5.74, 6) is 0. The highest BCUT2D eigenvalue weighted by molar-refractivity contribution is 4.92. The number of aliphatic hydroxyl groups excluding tert-OH is 6. The molecule has 0 aromatic heterocycles. The van der Waals surface area contributed by atoms with Crippen LogP contribution in [0.4, 0.5) is 0 Å². The highest BCUT2D eigenvalue weighted by Gasteiger charge is 2.47. The van der Waals surface area contributed by atoms with E-state index in [1.165, 1.54) is 14.2 Å². The molecule has 0 radical (unpaired) electrons. The Morgan fingerprint density at radius 3 is 1.88 bits per heavy atom. The summed E-state index contributed by atoms with van der Waals surface area (Å²) in [6.45, 7) is -0.874. The average Bonchev–Trinajstić information content (AvgIpc) is 2.60. The molecule has 0 aromatic rings. The first-order valence-corrected chi connectivity index (χ1v) is 7.85. The monoisotopic (exact) mass is 388 g/mol. The lowest BCUT2D eigenvalue weighted by Crippen LogP contribution is -2.62. The van der Waals surface area contributed by atoms with Crippen molar-refractivity contribution >= 4 is 0 Å². The van der Waals surface area contributed by atoms with Crippen molar-refractivity contribution in [3.05, 3.63) is 0 Å². The van der Waals surface area contributed by atoms with Gasteiger partial charge in [-0.25, -0.2) is 0 Å². The van der Waals surface area contributed by atoms with Crippen LogP contribution < -0.4 is 0 Å². The van der Waals surface area contributed by atoms with Crippen LogP contribution in [0.1, 0.15) is 8.85 Å². The summed E-state index contributed by atoms with van der Waals surface area (Å²) >= 11 is 0. The maximum Gasteiger partial charge on any atom is 0.187 e. The molecule has 0 spiro atoms. The molecule has 2 rings (SSSR count). The first-order valence-electron chi connectivity index (χ1n) is 7.85. The van der Waals surface area contributed by atoms with E-state index >= 15 is 0 Å². The van der Waals surface area contributed by atoms with Gasteiger partial charge in [-0.05, 0) is 0 Å². The molecule has 0 unspecified atom stereocenters. The molecule has 2 fully saturated rings. The molecule has 10 atom stereocenters. The standard InChI is InChI=1S/C14H26O11.CH4.H2/c1-21-11-9(18)8(17)6(24-13(11)20)4-23-14-12(22-2)10(19)7(16)5(3-15)25-14;;/h5-20H,3-4H2,1-2H3;1H4;1H/t5-,6-,7-,8-,9+,10+,11-,12-,13+,14+;;/m1../s1. The molecule has 2 saturated heterocycles. The molecule has 11 heteroatoms. The fourth-order valence-corrected chi connectivity index (χ4v) is 2.94. The zero-order valence-corrected chi connectivity index (χ0v) is 13.9. The summed E-state index contributed by atoms with van der Waals surface area (Å²) in [6, 6.07) is 0. The number of rotatable bonds is 6. The van der Waals surface area contributed by atoms with E-state index in [2.05, 4.69) is 0 Å². The van der Waals surface area contributed by atoms with E-state index in [-0.39, 0.29) is 15.5 Å². The minimum Gasteiger partial charge on any atom is -0.394 e. The van der Waals surface area contributed by atoms with Crippen LogP contribution in [0.25, 0.3) is 0 Å². The minimum atomic E-state index is -1.47. The van der Waals surface area contributed by atoms with Crippen LogP contribution in [-0.4, -0.2) is 119 Å². The summed E-state index contributed by atoms with van der Waals surface area (Å²) in [4.78, 5) is 0. The van der Waals surface area contributed by atoms with Crippen molar-refractivity contribution in [2.24, 2.45) is 0 Å². The molecular weight excluding hydrogens is 356 g/mol. The summed E-state index contributed by atoms with van der Waals surface area (Å²) < 4.78 is 25.9. The fourth-order valence-electron chi connectivity index (χ4n) is 2.94. The van der Waals surface area contributed by atoms with Gasteiger partial charge < -0.3 is 54.3 Å². The normalized spacial score (nSPS) is 46.6. The number of hydrogen-bond acceptors (Lipinski definition) is 11. The van der Waals surface area contributed by atoms with Gasteiger partial charge >= 0.3 is 0 Å². The van der Waals surface area contributed by atoms with Crippen molar-refractivity contribution in [2.75, 3.05) is 27.4 Å². The van der Waals surface area contributed by atoms with Crippen molar-refractivity contribution in [3.63, 3.8) is 0 Å². The van der Waals surface area contributed by atoms with E-state index in [4.69, 9.17) is 23.7 Å².